The molecule has 0 bridgehead atoms. The van der Waals surface area contributed by atoms with Gasteiger partial charge in [-0.25, -0.2) is 0 Å². The molecule has 2 aromatic rings. The maximum Gasteiger partial charge on any atom is 0.238 e. The lowest BCUT2D eigenvalue weighted by Gasteiger charge is -2.33. The minimum atomic E-state index is -0.0180. The average Bonchev–Trinajstić information content (AvgIpc) is 2.66. The molecule has 0 spiro atoms. The van der Waals surface area contributed by atoms with Gasteiger partial charge in [-0.15, -0.1) is 0 Å². The first-order chi connectivity index (χ1) is 12.7. The minimum absolute atomic E-state index is 0.0180. The van der Waals surface area contributed by atoms with Crippen molar-refractivity contribution in [1.82, 2.24) is 9.80 Å². The summed E-state index contributed by atoms with van der Waals surface area (Å²) in [5.41, 5.74) is 1.89. The Hall–Kier alpha value is -2.14. The van der Waals surface area contributed by atoms with E-state index in [0.29, 0.717) is 17.3 Å². The summed E-state index contributed by atoms with van der Waals surface area (Å²) in [7, 11) is 0. The second-order valence-corrected chi connectivity index (χ2v) is 6.83. The van der Waals surface area contributed by atoms with E-state index in [4.69, 9.17) is 11.6 Å². The Morgan fingerprint density at radius 1 is 0.962 bits per heavy atom. The summed E-state index contributed by atoms with van der Waals surface area (Å²) >= 11 is 6.08. The van der Waals surface area contributed by atoms with Crippen molar-refractivity contribution < 1.29 is 4.79 Å². The molecule has 1 saturated heterocycles. The number of hydrogen-bond donors (Lipinski definition) is 1. The van der Waals surface area contributed by atoms with E-state index in [1.165, 1.54) is 5.56 Å². The summed E-state index contributed by atoms with van der Waals surface area (Å²) < 4.78 is 0. The van der Waals surface area contributed by atoms with Crippen LogP contribution in [0.5, 0.6) is 0 Å². The van der Waals surface area contributed by atoms with Crippen LogP contribution in [0.3, 0.4) is 0 Å². The standard InChI is InChI=1S/C21H24ClN3O/c22-19-10-4-5-11-20(19)23-21(26)17-25-15-13-24(14-16-25)12-6-9-18-7-2-1-3-8-18/h1-11H,12-17H2,(H,23,26). The maximum atomic E-state index is 12.2. The van der Waals surface area contributed by atoms with Crippen LogP contribution in [0.15, 0.2) is 60.7 Å². The van der Waals surface area contributed by atoms with E-state index in [9.17, 15) is 4.79 Å². The first kappa shape index (κ1) is 18.6. The van der Waals surface area contributed by atoms with Crippen molar-refractivity contribution in [3.8, 4) is 0 Å². The Morgan fingerprint density at radius 2 is 1.62 bits per heavy atom. The van der Waals surface area contributed by atoms with Gasteiger partial charge in [0.1, 0.15) is 0 Å². The molecule has 1 fully saturated rings. The van der Waals surface area contributed by atoms with Crippen LogP contribution in [0, 0.1) is 0 Å². The van der Waals surface area contributed by atoms with Crippen molar-refractivity contribution >= 4 is 29.3 Å². The highest BCUT2D eigenvalue weighted by Crippen LogP contribution is 2.20. The lowest BCUT2D eigenvalue weighted by molar-refractivity contribution is -0.117. The van der Waals surface area contributed by atoms with Crippen LogP contribution in [-0.2, 0) is 4.79 Å². The molecule has 3 rings (SSSR count). The summed E-state index contributed by atoms with van der Waals surface area (Å²) in [5, 5.41) is 3.45. The zero-order valence-electron chi connectivity index (χ0n) is 14.8. The van der Waals surface area contributed by atoms with Gasteiger partial charge >= 0.3 is 0 Å². The molecule has 1 heterocycles. The topological polar surface area (TPSA) is 35.6 Å². The van der Waals surface area contributed by atoms with Gasteiger partial charge in [0.25, 0.3) is 0 Å². The van der Waals surface area contributed by atoms with Gasteiger partial charge in [0.2, 0.25) is 5.91 Å². The molecule has 26 heavy (non-hydrogen) atoms. The van der Waals surface area contributed by atoms with Crippen LogP contribution in [0.25, 0.3) is 6.08 Å². The Labute approximate surface area is 160 Å². The number of para-hydroxylation sites is 1. The molecule has 0 unspecified atom stereocenters. The number of amides is 1. The number of halogens is 1. The van der Waals surface area contributed by atoms with Gasteiger partial charge in [-0.2, -0.15) is 0 Å². The van der Waals surface area contributed by atoms with Crippen molar-refractivity contribution in [1.29, 1.82) is 0 Å². The van der Waals surface area contributed by atoms with Gasteiger partial charge in [-0.3, -0.25) is 14.6 Å². The van der Waals surface area contributed by atoms with E-state index in [-0.39, 0.29) is 5.91 Å². The van der Waals surface area contributed by atoms with Gasteiger partial charge in [-0.1, -0.05) is 66.2 Å². The van der Waals surface area contributed by atoms with Crippen LogP contribution < -0.4 is 5.32 Å². The van der Waals surface area contributed by atoms with Crippen molar-refractivity contribution in [3.05, 3.63) is 71.3 Å². The average molecular weight is 370 g/mol. The molecular formula is C21H24ClN3O. The number of piperazine rings is 1. The highest BCUT2D eigenvalue weighted by molar-refractivity contribution is 6.33. The van der Waals surface area contributed by atoms with Crippen LogP contribution in [0.2, 0.25) is 5.02 Å². The molecule has 0 aliphatic carbocycles. The second kappa shape index (κ2) is 9.53. The van der Waals surface area contributed by atoms with Crippen LogP contribution in [-0.4, -0.2) is 55.0 Å². The summed E-state index contributed by atoms with van der Waals surface area (Å²) in [4.78, 5) is 16.8. The third kappa shape index (κ3) is 5.70. The van der Waals surface area contributed by atoms with E-state index in [1.54, 1.807) is 6.07 Å². The Bertz CT molecular complexity index is 740. The molecule has 0 saturated carbocycles. The quantitative estimate of drug-likeness (QED) is 0.844. The summed E-state index contributed by atoms with van der Waals surface area (Å²) in [6.45, 7) is 5.08. The van der Waals surface area contributed by atoms with E-state index in [0.717, 1.165) is 32.7 Å². The number of rotatable bonds is 6. The summed E-state index contributed by atoms with van der Waals surface area (Å²) in [5.74, 6) is -0.0180. The second-order valence-electron chi connectivity index (χ2n) is 6.42. The molecule has 1 N–H and O–H groups in total. The highest BCUT2D eigenvalue weighted by Gasteiger charge is 2.18. The molecule has 1 aliphatic heterocycles. The van der Waals surface area contributed by atoms with Crippen molar-refractivity contribution in [2.75, 3.05) is 44.6 Å². The zero-order chi connectivity index (χ0) is 18.2. The van der Waals surface area contributed by atoms with Gasteiger partial charge in [0, 0.05) is 32.7 Å². The lowest BCUT2D eigenvalue weighted by atomic mass is 10.2. The zero-order valence-corrected chi connectivity index (χ0v) is 15.5. The van der Waals surface area contributed by atoms with E-state index in [2.05, 4.69) is 39.4 Å². The fourth-order valence-corrected chi connectivity index (χ4v) is 3.17. The van der Waals surface area contributed by atoms with Gasteiger partial charge in [-0.05, 0) is 17.7 Å². The molecular weight excluding hydrogens is 346 g/mol. The fraction of sp³-hybridized carbons (Fsp3) is 0.286. The molecule has 5 heteroatoms. The molecule has 136 valence electrons. The van der Waals surface area contributed by atoms with E-state index < -0.39 is 0 Å². The largest absolute Gasteiger partial charge is 0.324 e. The van der Waals surface area contributed by atoms with Gasteiger partial charge in [0.15, 0.2) is 0 Å². The third-order valence-electron chi connectivity index (χ3n) is 4.45. The monoisotopic (exact) mass is 369 g/mol. The number of nitrogens with one attached hydrogen (secondary N) is 1. The van der Waals surface area contributed by atoms with Gasteiger partial charge in [0.05, 0.1) is 17.3 Å². The number of benzene rings is 2. The normalized spacial score (nSPS) is 16.0. The predicted octanol–water partition coefficient (Wildman–Crippen LogP) is 3.61. The Balaban J connectivity index is 1.39. The third-order valence-corrected chi connectivity index (χ3v) is 4.78. The van der Waals surface area contributed by atoms with Crippen LogP contribution >= 0.6 is 11.6 Å². The number of nitrogens with zero attached hydrogens (tertiary/aromatic N) is 2. The maximum absolute atomic E-state index is 12.2. The number of carbonyl (C=O) groups excluding carboxylic acids is 1. The van der Waals surface area contributed by atoms with Crippen LogP contribution in [0.1, 0.15) is 5.56 Å². The molecule has 4 nitrogen and oxygen atoms in total. The highest BCUT2D eigenvalue weighted by atomic mass is 35.5. The molecule has 2 aromatic carbocycles. The molecule has 0 aromatic heterocycles. The minimum Gasteiger partial charge on any atom is -0.324 e. The molecule has 0 atom stereocenters. The fourth-order valence-electron chi connectivity index (χ4n) is 2.99. The lowest BCUT2D eigenvalue weighted by Crippen LogP contribution is -2.48. The van der Waals surface area contributed by atoms with E-state index >= 15 is 0 Å². The summed E-state index contributed by atoms with van der Waals surface area (Å²) in [6, 6.07) is 17.6. The first-order valence-corrected chi connectivity index (χ1v) is 9.29. The SMILES string of the molecule is O=C(CN1CCN(CC=Cc2ccccc2)CC1)Nc1ccccc1Cl. The van der Waals surface area contributed by atoms with Gasteiger partial charge < -0.3 is 5.32 Å². The molecule has 1 aliphatic rings. The van der Waals surface area contributed by atoms with Crippen molar-refractivity contribution in [3.63, 3.8) is 0 Å². The smallest absolute Gasteiger partial charge is 0.238 e. The summed E-state index contributed by atoms with van der Waals surface area (Å²) in [6.07, 6.45) is 4.36. The predicted molar refractivity (Wildman–Crippen MR) is 108 cm³/mol. The Morgan fingerprint density at radius 3 is 2.35 bits per heavy atom. The molecule has 0 radical (unpaired) electrons. The molecule has 1 amide bonds. The van der Waals surface area contributed by atoms with Crippen LogP contribution in [0.4, 0.5) is 5.69 Å². The number of anilines is 1. The van der Waals surface area contributed by atoms with Crippen molar-refractivity contribution in [2.45, 2.75) is 0 Å². The van der Waals surface area contributed by atoms with Crippen molar-refractivity contribution in [2.24, 2.45) is 0 Å². The van der Waals surface area contributed by atoms with E-state index in [1.807, 2.05) is 36.4 Å². The number of hydrogen-bond acceptors (Lipinski definition) is 3. The Kier molecular flexibility index (Phi) is 6.83. The first-order valence-electron chi connectivity index (χ1n) is 8.91. The number of carbonyl (C=O) groups is 1.